The maximum Gasteiger partial charge on any atom is 0.241 e. The molecule has 7 heteroatoms. The van der Waals surface area contributed by atoms with Crippen molar-refractivity contribution in [2.75, 3.05) is 35.2 Å². The normalized spacial score (nSPS) is 19.8. The molecule has 2 heterocycles. The third-order valence-corrected chi connectivity index (χ3v) is 5.99. The summed E-state index contributed by atoms with van der Waals surface area (Å²) in [4.78, 5) is 41.8. The summed E-state index contributed by atoms with van der Waals surface area (Å²) in [5.74, 6) is -0.118. The van der Waals surface area contributed by atoms with Gasteiger partial charge in [-0.25, -0.2) is 0 Å². The van der Waals surface area contributed by atoms with Gasteiger partial charge < -0.3 is 15.5 Å². The molecule has 2 aliphatic heterocycles. The molecule has 162 valence electrons. The Morgan fingerprint density at radius 1 is 1.03 bits per heavy atom. The zero-order valence-electron chi connectivity index (χ0n) is 17.7. The maximum atomic E-state index is 13.2. The number of nitrogens with one attached hydrogen (secondary N) is 2. The highest BCUT2D eigenvalue weighted by Crippen LogP contribution is 2.31. The Bertz CT molecular complexity index is 954. The Hall–Kier alpha value is -3.19. The van der Waals surface area contributed by atoms with Gasteiger partial charge >= 0.3 is 0 Å². The number of hydrogen-bond donors (Lipinski definition) is 2. The van der Waals surface area contributed by atoms with Crippen LogP contribution in [0.4, 0.5) is 17.1 Å². The first-order valence-electron chi connectivity index (χ1n) is 10.8. The first kappa shape index (κ1) is 21.1. The number of fused-ring (bicyclic) bond motifs is 1. The second-order valence-corrected chi connectivity index (χ2v) is 8.29. The summed E-state index contributed by atoms with van der Waals surface area (Å²) < 4.78 is 0. The molecule has 0 bridgehead atoms. The molecule has 1 fully saturated rings. The lowest BCUT2D eigenvalue weighted by Gasteiger charge is -2.34. The summed E-state index contributed by atoms with van der Waals surface area (Å²) >= 11 is 0. The smallest absolute Gasteiger partial charge is 0.241 e. The van der Waals surface area contributed by atoms with E-state index in [1.165, 1.54) is 0 Å². The number of likely N-dealkylation sites (tertiary alicyclic amines) is 1. The largest absolute Gasteiger partial charge is 0.326 e. The molecule has 0 aromatic heterocycles. The molecule has 3 amide bonds. The quantitative estimate of drug-likeness (QED) is 0.796. The highest BCUT2D eigenvalue weighted by molar-refractivity contribution is 6.05. The molecule has 2 aliphatic rings. The summed E-state index contributed by atoms with van der Waals surface area (Å²) in [6.07, 6.45) is 1.71. The number of amides is 3. The van der Waals surface area contributed by atoms with E-state index in [-0.39, 0.29) is 42.6 Å². The number of anilines is 3. The number of nitrogens with zero attached hydrogens (tertiary/aromatic N) is 2. The fourth-order valence-electron chi connectivity index (χ4n) is 4.35. The molecular formula is C24H28N4O3. The highest BCUT2D eigenvalue weighted by Gasteiger charge is 2.32. The number of piperidine rings is 1. The number of rotatable bonds is 4. The van der Waals surface area contributed by atoms with Crippen LogP contribution in [0.5, 0.6) is 0 Å². The average molecular weight is 421 g/mol. The summed E-state index contributed by atoms with van der Waals surface area (Å²) in [7, 11) is 0. The molecular weight excluding hydrogens is 392 g/mol. The molecule has 1 atom stereocenters. The summed E-state index contributed by atoms with van der Waals surface area (Å²) in [6, 6.07) is 16.7. The van der Waals surface area contributed by atoms with E-state index in [0.29, 0.717) is 18.8 Å². The average Bonchev–Trinajstić information content (AvgIpc) is 2.89. The Balaban J connectivity index is 1.36. The van der Waals surface area contributed by atoms with Crippen molar-refractivity contribution in [2.24, 2.45) is 5.92 Å². The Morgan fingerprint density at radius 3 is 2.45 bits per heavy atom. The van der Waals surface area contributed by atoms with E-state index in [0.717, 1.165) is 24.2 Å². The lowest BCUT2D eigenvalue weighted by Crippen LogP contribution is -2.47. The molecule has 0 unspecified atom stereocenters. The molecule has 4 rings (SSSR count). The van der Waals surface area contributed by atoms with Crippen molar-refractivity contribution in [3.8, 4) is 0 Å². The van der Waals surface area contributed by atoms with E-state index in [9.17, 15) is 14.4 Å². The molecule has 1 saturated heterocycles. The minimum atomic E-state index is -0.217. The number of benzene rings is 2. The van der Waals surface area contributed by atoms with Gasteiger partial charge in [-0.3, -0.25) is 19.3 Å². The maximum absolute atomic E-state index is 13.2. The zero-order chi connectivity index (χ0) is 21.8. The van der Waals surface area contributed by atoms with Crippen molar-refractivity contribution in [1.82, 2.24) is 4.90 Å². The predicted octanol–water partition coefficient (Wildman–Crippen LogP) is 3.10. The Labute approximate surface area is 182 Å². The number of carbonyl (C=O) groups excluding carboxylic acids is 3. The van der Waals surface area contributed by atoms with E-state index < -0.39 is 0 Å². The highest BCUT2D eigenvalue weighted by atomic mass is 16.2. The van der Waals surface area contributed by atoms with Gasteiger partial charge in [0.1, 0.15) is 0 Å². The van der Waals surface area contributed by atoms with Crippen LogP contribution in [0.3, 0.4) is 0 Å². The summed E-state index contributed by atoms with van der Waals surface area (Å²) in [5, 5.41) is 5.86. The van der Waals surface area contributed by atoms with Gasteiger partial charge in [0.2, 0.25) is 17.7 Å². The molecule has 2 aromatic carbocycles. The molecule has 2 aromatic rings. The zero-order valence-corrected chi connectivity index (χ0v) is 17.7. The summed E-state index contributed by atoms with van der Waals surface area (Å²) in [5.41, 5.74) is 2.21. The molecule has 2 N–H and O–H groups in total. The standard InChI is InChI=1S/C24H28N4O3/c1-17-15-22(29)26-20-9-5-6-10-21(20)28(17)23(30)16-27-13-11-18(12-14-27)24(31)25-19-7-3-2-4-8-19/h2-10,17-18H,11-16H2,1H3,(H,25,31)(H,26,29)/t17-/m0/s1. The Kier molecular flexibility index (Phi) is 6.32. The topological polar surface area (TPSA) is 81.8 Å². The molecule has 0 aliphatic carbocycles. The van der Waals surface area contributed by atoms with E-state index in [4.69, 9.17) is 0 Å². The second kappa shape index (κ2) is 9.31. The third kappa shape index (κ3) is 4.94. The van der Waals surface area contributed by atoms with Crippen molar-refractivity contribution in [1.29, 1.82) is 0 Å². The van der Waals surface area contributed by atoms with Crippen molar-refractivity contribution in [3.05, 3.63) is 54.6 Å². The van der Waals surface area contributed by atoms with E-state index in [2.05, 4.69) is 15.5 Å². The molecule has 0 spiro atoms. The molecule has 0 radical (unpaired) electrons. The monoisotopic (exact) mass is 420 g/mol. The fourth-order valence-corrected chi connectivity index (χ4v) is 4.35. The van der Waals surface area contributed by atoms with Gasteiger partial charge in [0.25, 0.3) is 0 Å². The van der Waals surface area contributed by atoms with E-state index >= 15 is 0 Å². The van der Waals surface area contributed by atoms with Gasteiger partial charge in [-0.05, 0) is 57.1 Å². The number of para-hydroxylation sites is 3. The first-order chi connectivity index (χ1) is 15.0. The Morgan fingerprint density at radius 2 is 1.71 bits per heavy atom. The van der Waals surface area contributed by atoms with Crippen LogP contribution in [-0.2, 0) is 14.4 Å². The van der Waals surface area contributed by atoms with Crippen LogP contribution in [0.15, 0.2) is 54.6 Å². The van der Waals surface area contributed by atoms with E-state index in [1.54, 1.807) is 4.90 Å². The van der Waals surface area contributed by atoms with Crippen LogP contribution < -0.4 is 15.5 Å². The minimum Gasteiger partial charge on any atom is -0.326 e. The third-order valence-electron chi connectivity index (χ3n) is 5.99. The summed E-state index contributed by atoms with van der Waals surface area (Å²) in [6.45, 7) is 3.57. The van der Waals surface area contributed by atoms with Gasteiger partial charge in [-0.15, -0.1) is 0 Å². The van der Waals surface area contributed by atoms with Crippen molar-refractivity contribution in [3.63, 3.8) is 0 Å². The van der Waals surface area contributed by atoms with Crippen LogP contribution >= 0.6 is 0 Å². The van der Waals surface area contributed by atoms with Crippen LogP contribution in [0, 0.1) is 5.92 Å². The van der Waals surface area contributed by atoms with Crippen LogP contribution in [0.1, 0.15) is 26.2 Å². The van der Waals surface area contributed by atoms with E-state index in [1.807, 2.05) is 61.5 Å². The van der Waals surface area contributed by atoms with Crippen LogP contribution in [-0.4, -0.2) is 48.3 Å². The van der Waals surface area contributed by atoms with Gasteiger partial charge in [0.15, 0.2) is 0 Å². The van der Waals surface area contributed by atoms with Crippen molar-refractivity contribution in [2.45, 2.75) is 32.2 Å². The van der Waals surface area contributed by atoms with Crippen LogP contribution in [0.25, 0.3) is 0 Å². The van der Waals surface area contributed by atoms with Crippen LogP contribution in [0.2, 0.25) is 0 Å². The lowest BCUT2D eigenvalue weighted by atomic mass is 9.95. The van der Waals surface area contributed by atoms with Crippen molar-refractivity contribution >= 4 is 34.8 Å². The first-order valence-corrected chi connectivity index (χ1v) is 10.8. The number of hydrogen-bond acceptors (Lipinski definition) is 4. The predicted molar refractivity (Wildman–Crippen MR) is 121 cm³/mol. The molecule has 0 saturated carbocycles. The lowest BCUT2D eigenvalue weighted by molar-refractivity contribution is -0.122. The van der Waals surface area contributed by atoms with Gasteiger partial charge in [-0.1, -0.05) is 30.3 Å². The van der Waals surface area contributed by atoms with Crippen molar-refractivity contribution < 1.29 is 14.4 Å². The number of carbonyl (C=O) groups is 3. The van der Waals surface area contributed by atoms with Gasteiger partial charge in [0.05, 0.1) is 17.9 Å². The second-order valence-electron chi connectivity index (χ2n) is 8.29. The SMILES string of the molecule is C[C@H]1CC(=O)Nc2ccccc2N1C(=O)CN1CCC(C(=O)Nc2ccccc2)CC1. The van der Waals surface area contributed by atoms with Gasteiger partial charge in [-0.2, -0.15) is 0 Å². The minimum absolute atomic E-state index is 0.0244. The molecule has 7 nitrogen and oxygen atoms in total. The molecule has 31 heavy (non-hydrogen) atoms. The fraction of sp³-hybridized carbons (Fsp3) is 0.375. The van der Waals surface area contributed by atoms with Gasteiger partial charge in [0, 0.05) is 24.1 Å².